The Hall–Kier alpha value is -2.81. The summed E-state index contributed by atoms with van der Waals surface area (Å²) in [6, 6.07) is 17.7. The summed E-state index contributed by atoms with van der Waals surface area (Å²) in [5.41, 5.74) is 7.16. The largest absolute Gasteiger partial charge is 0.438 e. The summed E-state index contributed by atoms with van der Waals surface area (Å²) in [6.07, 6.45) is 6.06. The third-order valence-electron chi connectivity index (χ3n) is 7.35. The Labute approximate surface area is 209 Å². The molecule has 2 aliphatic rings. The molecule has 0 spiro atoms. The highest BCUT2D eigenvalue weighted by atomic mass is 16.6. The van der Waals surface area contributed by atoms with Crippen molar-refractivity contribution in [1.82, 2.24) is 4.90 Å². The van der Waals surface area contributed by atoms with Crippen molar-refractivity contribution in [3.05, 3.63) is 71.3 Å². The first kappa shape index (κ1) is 25.3. The molecule has 1 aliphatic carbocycles. The molecule has 5 heteroatoms. The molecule has 0 aromatic heterocycles. The van der Waals surface area contributed by atoms with Gasteiger partial charge in [-0.1, -0.05) is 73.6 Å². The maximum atomic E-state index is 13.2. The number of ether oxygens (including phenoxy) is 1. The highest BCUT2D eigenvalue weighted by Crippen LogP contribution is 2.42. The lowest BCUT2D eigenvalue weighted by Gasteiger charge is -2.45. The number of rotatable bonds is 5. The van der Waals surface area contributed by atoms with E-state index < -0.39 is 11.2 Å². The minimum atomic E-state index is -0.972. The zero-order valence-electron chi connectivity index (χ0n) is 21.2. The van der Waals surface area contributed by atoms with Gasteiger partial charge in [-0.2, -0.15) is 0 Å². The second kappa shape index (κ2) is 10.0. The Morgan fingerprint density at radius 3 is 2.31 bits per heavy atom. The van der Waals surface area contributed by atoms with E-state index in [1.807, 2.05) is 61.5 Å². The molecule has 35 heavy (non-hydrogen) atoms. The molecule has 1 heterocycles. The van der Waals surface area contributed by atoms with Gasteiger partial charge in [0.1, 0.15) is 5.60 Å². The van der Waals surface area contributed by atoms with E-state index in [1.54, 1.807) is 18.7 Å². The third-order valence-corrected chi connectivity index (χ3v) is 7.35. The van der Waals surface area contributed by atoms with E-state index in [0.717, 1.165) is 42.4 Å². The second-order valence-corrected chi connectivity index (χ2v) is 10.9. The Morgan fingerprint density at radius 1 is 1.06 bits per heavy atom. The summed E-state index contributed by atoms with van der Waals surface area (Å²) in [5, 5.41) is 10.6. The van der Waals surface area contributed by atoms with Gasteiger partial charge in [-0.15, -0.1) is 0 Å². The summed E-state index contributed by atoms with van der Waals surface area (Å²) < 4.78 is 6.12. The molecular formula is C30H38N2O3. The van der Waals surface area contributed by atoms with Crippen LogP contribution in [0.4, 0.5) is 4.79 Å². The quantitative estimate of drug-likeness (QED) is 0.548. The summed E-state index contributed by atoms with van der Waals surface area (Å²) >= 11 is 0. The molecule has 2 aromatic carbocycles. The van der Waals surface area contributed by atoms with E-state index in [9.17, 15) is 9.90 Å². The Kier molecular flexibility index (Phi) is 7.26. The highest BCUT2D eigenvalue weighted by Gasteiger charge is 2.46. The number of nitrogens with two attached hydrogens (primary N) is 1. The number of carbonyl (C=O) groups is 1. The van der Waals surface area contributed by atoms with E-state index in [2.05, 4.69) is 11.8 Å². The maximum absolute atomic E-state index is 13.2. The lowest BCUT2D eigenvalue weighted by Crippen LogP contribution is -2.51. The SMILES string of the molecule is CC(c1ccc(C#CC2(N)CCCCC2)cc1)N1CCC(CC(C)(C)O)(c2ccccc2)OC1=O. The summed E-state index contributed by atoms with van der Waals surface area (Å²) in [5.74, 6) is 6.56. The molecule has 2 unspecified atom stereocenters. The molecular weight excluding hydrogens is 436 g/mol. The number of hydrogen-bond acceptors (Lipinski definition) is 4. The molecule has 1 saturated heterocycles. The first-order valence-corrected chi connectivity index (χ1v) is 12.8. The molecule has 2 fully saturated rings. The first-order valence-electron chi connectivity index (χ1n) is 12.8. The van der Waals surface area contributed by atoms with Crippen LogP contribution in [0.2, 0.25) is 0 Å². The second-order valence-electron chi connectivity index (χ2n) is 10.9. The maximum Gasteiger partial charge on any atom is 0.411 e. The Bertz CT molecular complexity index is 1070. The van der Waals surface area contributed by atoms with Crippen molar-refractivity contribution in [2.24, 2.45) is 5.73 Å². The van der Waals surface area contributed by atoms with Crippen LogP contribution in [-0.2, 0) is 10.3 Å². The Balaban J connectivity index is 1.47. The van der Waals surface area contributed by atoms with Crippen molar-refractivity contribution >= 4 is 6.09 Å². The molecule has 0 bridgehead atoms. The standard InChI is InChI=1S/C30H38N2O3/c1-23(25-14-12-24(13-15-25)16-19-29(31)17-8-5-9-18-29)32-21-20-30(35-27(32)33,22-28(2,3)34)26-10-6-4-7-11-26/h4,6-7,10-15,23,34H,5,8-9,17-18,20-22,31H2,1-3H3. The van der Waals surface area contributed by atoms with Crippen LogP contribution in [-0.4, -0.2) is 33.8 Å². The lowest BCUT2D eigenvalue weighted by molar-refractivity contribution is -0.101. The van der Waals surface area contributed by atoms with Crippen molar-refractivity contribution in [3.8, 4) is 11.8 Å². The summed E-state index contributed by atoms with van der Waals surface area (Å²) in [4.78, 5) is 15.0. The number of cyclic esters (lactones) is 1. The van der Waals surface area contributed by atoms with Crippen molar-refractivity contribution < 1.29 is 14.6 Å². The number of amides is 1. The summed E-state index contributed by atoms with van der Waals surface area (Å²) in [6.45, 7) is 6.07. The van der Waals surface area contributed by atoms with E-state index in [1.165, 1.54) is 6.42 Å². The zero-order chi connectivity index (χ0) is 25.1. The average molecular weight is 475 g/mol. The lowest BCUT2D eigenvalue weighted by atomic mass is 9.80. The third kappa shape index (κ3) is 6.07. The van der Waals surface area contributed by atoms with E-state index in [-0.39, 0.29) is 17.7 Å². The van der Waals surface area contributed by atoms with E-state index in [4.69, 9.17) is 10.5 Å². The topological polar surface area (TPSA) is 75.8 Å². The van der Waals surface area contributed by atoms with Crippen molar-refractivity contribution in [2.45, 2.75) is 88.5 Å². The van der Waals surface area contributed by atoms with Crippen LogP contribution in [0.15, 0.2) is 54.6 Å². The van der Waals surface area contributed by atoms with Gasteiger partial charge in [0.2, 0.25) is 0 Å². The van der Waals surface area contributed by atoms with Crippen LogP contribution < -0.4 is 5.73 Å². The van der Waals surface area contributed by atoms with Crippen LogP contribution in [0.25, 0.3) is 0 Å². The molecule has 2 aromatic rings. The van der Waals surface area contributed by atoms with Gasteiger partial charge < -0.3 is 20.5 Å². The molecule has 5 nitrogen and oxygen atoms in total. The van der Waals surface area contributed by atoms with Crippen LogP contribution in [0, 0.1) is 11.8 Å². The van der Waals surface area contributed by atoms with Gasteiger partial charge in [0.25, 0.3) is 0 Å². The zero-order valence-corrected chi connectivity index (χ0v) is 21.2. The average Bonchev–Trinajstić information content (AvgIpc) is 2.83. The van der Waals surface area contributed by atoms with Gasteiger partial charge in [0.05, 0.1) is 17.2 Å². The summed E-state index contributed by atoms with van der Waals surface area (Å²) in [7, 11) is 0. The molecule has 1 amide bonds. The monoisotopic (exact) mass is 474 g/mol. The number of benzene rings is 2. The van der Waals surface area contributed by atoms with Gasteiger partial charge in [0.15, 0.2) is 0 Å². The molecule has 0 radical (unpaired) electrons. The van der Waals surface area contributed by atoms with Gasteiger partial charge in [-0.3, -0.25) is 0 Å². The fraction of sp³-hybridized carbons (Fsp3) is 0.500. The minimum absolute atomic E-state index is 0.139. The minimum Gasteiger partial charge on any atom is -0.438 e. The van der Waals surface area contributed by atoms with Crippen molar-refractivity contribution in [1.29, 1.82) is 0 Å². The molecule has 186 valence electrons. The number of carbonyl (C=O) groups excluding carboxylic acids is 1. The van der Waals surface area contributed by atoms with Gasteiger partial charge in [0, 0.05) is 24.9 Å². The van der Waals surface area contributed by atoms with Crippen LogP contribution in [0.1, 0.15) is 88.4 Å². The van der Waals surface area contributed by atoms with Crippen molar-refractivity contribution in [2.75, 3.05) is 6.54 Å². The molecule has 1 aliphatic heterocycles. The Morgan fingerprint density at radius 2 is 1.71 bits per heavy atom. The van der Waals surface area contributed by atoms with E-state index in [0.29, 0.717) is 19.4 Å². The number of hydrogen-bond donors (Lipinski definition) is 2. The molecule has 2 atom stereocenters. The molecule has 1 saturated carbocycles. The number of aliphatic hydroxyl groups is 1. The van der Waals surface area contributed by atoms with Gasteiger partial charge in [-0.05, 0) is 56.9 Å². The molecule has 4 rings (SSSR count). The van der Waals surface area contributed by atoms with Gasteiger partial charge in [-0.25, -0.2) is 4.79 Å². The fourth-order valence-corrected chi connectivity index (χ4v) is 5.42. The fourth-order valence-electron chi connectivity index (χ4n) is 5.42. The van der Waals surface area contributed by atoms with Crippen LogP contribution in [0.5, 0.6) is 0 Å². The molecule has 3 N–H and O–H groups in total. The smallest absolute Gasteiger partial charge is 0.411 e. The normalized spacial score (nSPS) is 23.1. The number of nitrogens with zero attached hydrogens (tertiary/aromatic N) is 1. The first-order chi connectivity index (χ1) is 16.6. The van der Waals surface area contributed by atoms with Gasteiger partial charge >= 0.3 is 6.09 Å². The van der Waals surface area contributed by atoms with E-state index >= 15 is 0 Å². The van der Waals surface area contributed by atoms with Crippen LogP contribution >= 0.6 is 0 Å². The van der Waals surface area contributed by atoms with Crippen LogP contribution in [0.3, 0.4) is 0 Å². The highest BCUT2D eigenvalue weighted by molar-refractivity contribution is 5.70. The predicted octanol–water partition coefficient (Wildman–Crippen LogP) is 5.66. The predicted molar refractivity (Wildman–Crippen MR) is 139 cm³/mol. The van der Waals surface area contributed by atoms with Crippen molar-refractivity contribution in [3.63, 3.8) is 0 Å².